The molecule has 0 radical (unpaired) electrons. The summed E-state index contributed by atoms with van der Waals surface area (Å²) in [4.78, 5) is 11.2. The molecule has 0 saturated carbocycles. The molecular weight excluding hydrogens is 286 g/mol. The van der Waals surface area contributed by atoms with Gasteiger partial charge in [0.25, 0.3) is 0 Å². The lowest BCUT2D eigenvalue weighted by Crippen LogP contribution is -2.35. The largest absolute Gasteiger partial charge is 0.389 e. The van der Waals surface area contributed by atoms with E-state index in [1.807, 2.05) is 0 Å². The first-order valence-electron chi connectivity index (χ1n) is 5.41. The Bertz CT molecular complexity index is 567. The van der Waals surface area contributed by atoms with Crippen LogP contribution in [0.25, 0.3) is 0 Å². The highest BCUT2D eigenvalue weighted by atomic mass is 32.2. The first-order valence-corrected chi connectivity index (χ1v) is 7.47. The van der Waals surface area contributed by atoms with Gasteiger partial charge in [-0.2, -0.15) is 0 Å². The number of nitrogens with two attached hydrogens (primary N) is 1. The smallest absolute Gasteiger partial charge is 0.234 e. The SMILES string of the molecule is CNC(=O)CNS(=O)(=O)Cc1ccc(C(N)=S)cc1. The number of rotatable bonds is 6. The molecule has 0 heterocycles. The molecule has 1 amide bonds. The van der Waals surface area contributed by atoms with Crippen LogP contribution in [0.1, 0.15) is 11.1 Å². The second-order valence-corrected chi connectivity index (χ2v) is 6.06. The fourth-order valence-electron chi connectivity index (χ4n) is 1.30. The summed E-state index contributed by atoms with van der Waals surface area (Å²) in [6, 6.07) is 6.58. The maximum atomic E-state index is 11.7. The van der Waals surface area contributed by atoms with Gasteiger partial charge in [0, 0.05) is 12.6 Å². The number of carbonyl (C=O) groups excluding carboxylic acids is 1. The van der Waals surface area contributed by atoms with Gasteiger partial charge in [0.15, 0.2) is 0 Å². The van der Waals surface area contributed by atoms with Crippen LogP contribution in [0.3, 0.4) is 0 Å². The lowest BCUT2D eigenvalue weighted by molar-refractivity contribution is -0.119. The number of sulfonamides is 1. The van der Waals surface area contributed by atoms with Gasteiger partial charge in [-0.15, -0.1) is 0 Å². The highest BCUT2D eigenvalue weighted by Gasteiger charge is 2.12. The van der Waals surface area contributed by atoms with Gasteiger partial charge < -0.3 is 11.1 Å². The van der Waals surface area contributed by atoms with Crippen LogP contribution in [-0.4, -0.2) is 32.9 Å². The van der Waals surface area contributed by atoms with Crippen molar-refractivity contribution in [2.45, 2.75) is 5.75 Å². The minimum atomic E-state index is -3.55. The fourth-order valence-corrected chi connectivity index (χ4v) is 2.52. The standard InChI is InChI=1S/C11H15N3O3S2/c1-13-10(15)6-14-19(16,17)7-8-2-4-9(5-3-8)11(12)18/h2-5,14H,6-7H2,1H3,(H2,12,18)(H,13,15). The first kappa shape index (κ1) is 15.5. The molecule has 4 N–H and O–H groups in total. The minimum Gasteiger partial charge on any atom is -0.389 e. The predicted molar refractivity (Wildman–Crippen MR) is 77.0 cm³/mol. The summed E-state index contributed by atoms with van der Waals surface area (Å²) in [5.41, 5.74) is 6.71. The van der Waals surface area contributed by atoms with Gasteiger partial charge in [-0.25, -0.2) is 13.1 Å². The van der Waals surface area contributed by atoms with Crippen molar-refractivity contribution in [3.63, 3.8) is 0 Å². The van der Waals surface area contributed by atoms with Gasteiger partial charge in [0.05, 0.1) is 12.3 Å². The van der Waals surface area contributed by atoms with Crippen LogP contribution < -0.4 is 15.8 Å². The van der Waals surface area contributed by atoms with Crippen LogP contribution in [0.5, 0.6) is 0 Å². The second kappa shape index (κ2) is 6.60. The van der Waals surface area contributed by atoms with Crippen molar-refractivity contribution in [3.05, 3.63) is 35.4 Å². The normalized spacial score (nSPS) is 11.0. The molecule has 0 atom stereocenters. The van der Waals surface area contributed by atoms with Crippen molar-refractivity contribution in [1.82, 2.24) is 10.0 Å². The molecule has 1 rings (SSSR count). The van der Waals surface area contributed by atoms with Gasteiger partial charge in [-0.3, -0.25) is 4.79 Å². The third kappa shape index (κ3) is 5.33. The van der Waals surface area contributed by atoms with Gasteiger partial charge in [0.2, 0.25) is 15.9 Å². The predicted octanol–water partition coefficient (Wildman–Crippen LogP) is -0.514. The number of amides is 1. The number of hydrogen-bond acceptors (Lipinski definition) is 4. The van der Waals surface area contributed by atoms with E-state index in [4.69, 9.17) is 18.0 Å². The summed E-state index contributed by atoms with van der Waals surface area (Å²) in [6.07, 6.45) is 0. The lowest BCUT2D eigenvalue weighted by Gasteiger charge is -2.06. The molecule has 0 aliphatic rings. The van der Waals surface area contributed by atoms with Gasteiger partial charge >= 0.3 is 0 Å². The summed E-state index contributed by atoms with van der Waals surface area (Å²) < 4.78 is 25.6. The van der Waals surface area contributed by atoms with Crippen LogP contribution in [0.4, 0.5) is 0 Å². The number of hydrogen-bond donors (Lipinski definition) is 3. The van der Waals surface area contributed by atoms with Gasteiger partial charge in [-0.1, -0.05) is 36.5 Å². The van der Waals surface area contributed by atoms with Crippen molar-refractivity contribution in [1.29, 1.82) is 0 Å². The van der Waals surface area contributed by atoms with E-state index in [2.05, 4.69) is 10.0 Å². The van der Waals surface area contributed by atoms with Crippen molar-refractivity contribution >= 4 is 33.1 Å². The zero-order valence-corrected chi connectivity index (χ0v) is 12.0. The Morgan fingerprint density at radius 3 is 2.37 bits per heavy atom. The Kier molecular flexibility index (Phi) is 5.40. The van der Waals surface area contributed by atoms with Crippen molar-refractivity contribution < 1.29 is 13.2 Å². The molecule has 19 heavy (non-hydrogen) atoms. The van der Waals surface area contributed by atoms with E-state index in [1.165, 1.54) is 7.05 Å². The molecule has 6 nitrogen and oxygen atoms in total. The summed E-state index contributed by atoms with van der Waals surface area (Å²) in [7, 11) is -2.11. The number of likely N-dealkylation sites (N-methyl/N-ethyl adjacent to an activating group) is 1. The van der Waals surface area contributed by atoms with Crippen LogP contribution >= 0.6 is 12.2 Å². The topological polar surface area (TPSA) is 101 Å². The molecule has 0 aliphatic carbocycles. The number of benzene rings is 1. The highest BCUT2D eigenvalue weighted by molar-refractivity contribution is 7.88. The number of carbonyl (C=O) groups is 1. The molecule has 0 aliphatic heterocycles. The zero-order valence-electron chi connectivity index (χ0n) is 10.3. The van der Waals surface area contributed by atoms with Crippen molar-refractivity contribution in [3.8, 4) is 0 Å². The minimum absolute atomic E-state index is 0.207. The maximum absolute atomic E-state index is 11.7. The van der Waals surface area contributed by atoms with E-state index in [9.17, 15) is 13.2 Å². The molecule has 0 unspecified atom stereocenters. The third-order valence-electron chi connectivity index (χ3n) is 2.33. The van der Waals surface area contributed by atoms with E-state index in [0.29, 0.717) is 11.1 Å². The van der Waals surface area contributed by atoms with Gasteiger partial charge in [0.1, 0.15) is 4.99 Å². The summed E-state index contributed by atoms with van der Waals surface area (Å²) in [5, 5.41) is 2.33. The Hall–Kier alpha value is -1.51. The van der Waals surface area contributed by atoms with E-state index in [0.717, 1.165) is 0 Å². The third-order valence-corrected chi connectivity index (χ3v) is 3.86. The molecular formula is C11H15N3O3S2. The molecule has 0 spiro atoms. The molecule has 1 aromatic rings. The maximum Gasteiger partial charge on any atom is 0.234 e. The fraction of sp³-hybridized carbons (Fsp3) is 0.273. The highest BCUT2D eigenvalue weighted by Crippen LogP contribution is 2.07. The van der Waals surface area contributed by atoms with Crippen molar-refractivity contribution in [2.75, 3.05) is 13.6 Å². The van der Waals surface area contributed by atoms with Gasteiger partial charge in [-0.05, 0) is 5.56 Å². The Balaban J connectivity index is 2.67. The molecule has 104 valence electrons. The quantitative estimate of drug-likeness (QED) is 0.614. The molecule has 1 aromatic carbocycles. The van der Waals surface area contributed by atoms with E-state index >= 15 is 0 Å². The van der Waals surface area contributed by atoms with Crippen LogP contribution in [-0.2, 0) is 20.6 Å². The molecule has 0 aromatic heterocycles. The van der Waals surface area contributed by atoms with Crippen LogP contribution in [0, 0.1) is 0 Å². The average molecular weight is 301 g/mol. The average Bonchev–Trinajstić information content (AvgIpc) is 2.36. The lowest BCUT2D eigenvalue weighted by atomic mass is 10.1. The van der Waals surface area contributed by atoms with Crippen molar-refractivity contribution in [2.24, 2.45) is 5.73 Å². The number of thiocarbonyl (C=S) groups is 1. The van der Waals surface area contributed by atoms with E-state index in [1.54, 1.807) is 24.3 Å². The van der Waals surface area contributed by atoms with Crippen LogP contribution in [0.2, 0.25) is 0 Å². The van der Waals surface area contributed by atoms with Crippen LogP contribution in [0.15, 0.2) is 24.3 Å². The second-order valence-electron chi connectivity index (χ2n) is 3.81. The summed E-state index contributed by atoms with van der Waals surface area (Å²) >= 11 is 4.80. The molecule has 0 bridgehead atoms. The number of nitrogens with one attached hydrogen (secondary N) is 2. The van der Waals surface area contributed by atoms with E-state index in [-0.39, 0.29) is 17.3 Å². The monoisotopic (exact) mass is 301 g/mol. The summed E-state index contributed by atoms with van der Waals surface area (Å²) in [6.45, 7) is -0.274. The molecule has 0 saturated heterocycles. The Morgan fingerprint density at radius 2 is 1.89 bits per heavy atom. The molecule has 0 fully saturated rings. The zero-order chi connectivity index (χ0) is 14.5. The van der Waals surface area contributed by atoms with E-state index < -0.39 is 15.9 Å². The summed E-state index contributed by atoms with van der Waals surface area (Å²) in [5.74, 6) is -0.603. The Labute approximate surface area is 117 Å². The molecule has 8 heteroatoms. The Morgan fingerprint density at radius 1 is 1.32 bits per heavy atom. The first-order chi connectivity index (χ1) is 8.84.